The largest absolute Gasteiger partial charge is 0.477 e. The van der Waals surface area contributed by atoms with Crippen molar-refractivity contribution in [2.75, 3.05) is 13.2 Å². The van der Waals surface area contributed by atoms with Crippen LogP contribution in [0.1, 0.15) is 29.8 Å². The van der Waals surface area contributed by atoms with Gasteiger partial charge in [0.15, 0.2) is 17.2 Å². The summed E-state index contributed by atoms with van der Waals surface area (Å²) in [6.45, 7) is 1.20. The van der Waals surface area contributed by atoms with Gasteiger partial charge in [-0.15, -0.1) is 5.10 Å². The van der Waals surface area contributed by atoms with Crippen LogP contribution in [0.15, 0.2) is 75.9 Å². The zero-order valence-electron chi connectivity index (χ0n) is 17.9. The van der Waals surface area contributed by atoms with E-state index in [0.717, 1.165) is 42.5 Å². The summed E-state index contributed by atoms with van der Waals surface area (Å²) in [6, 6.07) is 17.1. The highest BCUT2D eigenvalue weighted by Crippen LogP contribution is 2.28. The normalized spacial score (nSPS) is 16.1. The van der Waals surface area contributed by atoms with E-state index in [0.29, 0.717) is 29.7 Å². The fourth-order valence-corrected chi connectivity index (χ4v) is 4.45. The number of likely N-dealkylation sites (tertiary alicyclic amines) is 1. The van der Waals surface area contributed by atoms with Gasteiger partial charge in [-0.25, -0.2) is 9.50 Å². The van der Waals surface area contributed by atoms with E-state index in [1.807, 2.05) is 47.4 Å². The summed E-state index contributed by atoms with van der Waals surface area (Å²) in [7, 11) is 0. The van der Waals surface area contributed by atoms with Gasteiger partial charge in [0.05, 0.1) is 19.1 Å². The summed E-state index contributed by atoms with van der Waals surface area (Å²) in [5.74, 6) is 1.52. The van der Waals surface area contributed by atoms with E-state index in [1.54, 1.807) is 22.8 Å². The third-order valence-corrected chi connectivity index (χ3v) is 6.09. The molecule has 5 heterocycles. The first kappa shape index (κ1) is 19.6. The number of benzene rings is 1. The molecule has 1 saturated heterocycles. The van der Waals surface area contributed by atoms with Crippen LogP contribution < -0.4 is 4.74 Å². The number of rotatable bonds is 6. The molecular weight excluding hydrogens is 420 g/mol. The van der Waals surface area contributed by atoms with E-state index in [-0.39, 0.29) is 11.9 Å². The van der Waals surface area contributed by atoms with Gasteiger partial charge in [0.1, 0.15) is 11.3 Å². The van der Waals surface area contributed by atoms with E-state index in [1.165, 1.54) is 6.26 Å². The van der Waals surface area contributed by atoms with Gasteiger partial charge >= 0.3 is 0 Å². The highest BCUT2D eigenvalue weighted by Gasteiger charge is 2.30. The van der Waals surface area contributed by atoms with Gasteiger partial charge in [0, 0.05) is 30.5 Å². The highest BCUT2D eigenvalue weighted by molar-refractivity contribution is 5.91. The molecule has 0 aliphatic carbocycles. The van der Waals surface area contributed by atoms with Gasteiger partial charge in [-0.3, -0.25) is 4.79 Å². The fraction of sp³-hybridized carbons (Fsp3) is 0.240. The second-order valence-electron chi connectivity index (χ2n) is 8.14. The molecule has 1 aliphatic heterocycles. The molecule has 6 rings (SSSR count). The molecule has 0 saturated carbocycles. The molecule has 1 unspecified atom stereocenters. The smallest absolute Gasteiger partial charge is 0.289 e. The minimum absolute atomic E-state index is 0.0593. The number of para-hydroxylation sites is 1. The lowest BCUT2D eigenvalue weighted by Gasteiger charge is -2.23. The number of nitrogens with zero attached hydrogens (tertiary/aromatic N) is 4. The van der Waals surface area contributed by atoms with Crippen molar-refractivity contribution in [1.29, 1.82) is 0 Å². The first-order valence-electron chi connectivity index (χ1n) is 11.1. The first-order chi connectivity index (χ1) is 16.3. The number of imidazole rings is 1. The summed E-state index contributed by atoms with van der Waals surface area (Å²) in [5.41, 5.74) is 2.29. The van der Waals surface area contributed by atoms with E-state index in [4.69, 9.17) is 13.6 Å². The summed E-state index contributed by atoms with van der Waals surface area (Å²) >= 11 is 0. The number of hydrogen-bond donors (Lipinski definition) is 0. The van der Waals surface area contributed by atoms with Crippen LogP contribution in [0.25, 0.3) is 28.1 Å². The SMILES string of the molecule is O=C(c1ccco1)N1CCCC1CCOc1ccc2ncc(-c3cc4ccccc4o3)n2n1. The van der Waals surface area contributed by atoms with E-state index in [2.05, 4.69) is 10.1 Å². The Morgan fingerprint density at radius 1 is 1.15 bits per heavy atom. The second kappa shape index (κ2) is 8.12. The van der Waals surface area contributed by atoms with Gasteiger partial charge < -0.3 is 18.5 Å². The maximum Gasteiger partial charge on any atom is 0.289 e. The minimum Gasteiger partial charge on any atom is -0.477 e. The summed E-state index contributed by atoms with van der Waals surface area (Å²) < 4.78 is 19.0. The summed E-state index contributed by atoms with van der Waals surface area (Å²) in [6.07, 6.45) is 5.95. The van der Waals surface area contributed by atoms with Crippen LogP contribution in [0.2, 0.25) is 0 Å². The van der Waals surface area contributed by atoms with Crippen molar-refractivity contribution in [1.82, 2.24) is 19.5 Å². The number of hydrogen-bond acceptors (Lipinski definition) is 6. The number of carbonyl (C=O) groups is 1. The Hall–Kier alpha value is -4.07. The van der Waals surface area contributed by atoms with E-state index in [9.17, 15) is 4.79 Å². The van der Waals surface area contributed by atoms with Gasteiger partial charge in [-0.1, -0.05) is 18.2 Å². The van der Waals surface area contributed by atoms with Crippen LogP contribution in [0, 0.1) is 0 Å². The molecule has 0 radical (unpaired) electrons. The minimum atomic E-state index is -0.0593. The molecule has 4 aromatic heterocycles. The Morgan fingerprint density at radius 3 is 2.97 bits per heavy atom. The van der Waals surface area contributed by atoms with E-state index < -0.39 is 0 Å². The molecule has 1 aliphatic rings. The highest BCUT2D eigenvalue weighted by atomic mass is 16.5. The number of carbonyl (C=O) groups excluding carboxylic acids is 1. The Bertz CT molecular complexity index is 1390. The van der Waals surface area contributed by atoms with Crippen LogP contribution in [0.4, 0.5) is 0 Å². The maximum absolute atomic E-state index is 12.7. The molecule has 0 bridgehead atoms. The molecule has 8 nitrogen and oxygen atoms in total. The van der Waals surface area contributed by atoms with Crippen molar-refractivity contribution in [3.05, 3.63) is 72.8 Å². The average Bonchev–Trinajstić information content (AvgIpc) is 3.64. The predicted octanol–water partition coefficient (Wildman–Crippen LogP) is 4.81. The number of fused-ring (bicyclic) bond motifs is 2. The average molecular weight is 442 g/mol. The Kier molecular flexibility index (Phi) is 4.83. The van der Waals surface area contributed by atoms with Crippen molar-refractivity contribution in [2.45, 2.75) is 25.3 Å². The molecule has 0 spiro atoms. The van der Waals surface area contributed by atoms with Crippen LogP contribution in [-0.2, 0) is 0 Å². The molecule has 1 fully saturated rings. The van der Waals surface area contributed by atoms with Crippen molar-refractivity contribution in [3.63, 3.8) is 0 Å². The van der Waals surface area contributed by atoms with Crippen LogP contribution in [0.3, 0.4) is 0 Å². The number of ether oxygens (including phenoxy) is 1. The van der Waals surface area contributed by atoms with Gasteiger partial charge in [-0.05, 0) is 43.2 Å². The monoisotopic (exact) mass is 442 g/mol. The number of furan rings is 2. The van der Waals surface area contributed by atoms with Gasteiger partial charge in [-0.2, -0.15) is 0 Å². The first-order valence-corrected chi connectivity index (χ1v) is 11.1. The van der Waals surface area contributed by atoms with Crippen LogP contribution >= 0.6 is 0 Å². The maximum atomic E-state index is 12.7. The third-order valence-electron chi connectivity index (χ3n) is 6.09. The van der Waals surface area contributed by atoms with Crippen molar-refractivity contribution >= 4 is 22.5 Å². The van der Waals surface area contributed by atoms with Gasteiger partial charge in [0.25, 0.3) is 5.91 Å². The summed E-state index contributed by atoms with van der Waals surface area (Å²) in [5, 5.41) is 5.64. The molecule has 1 amide bonds. The lowest BCUT2D eigenvalue weighted by Crippen LogP contribution is -2.36. The molecule has 1 atom stereocenters. The van der Waals surface area contributed by atoms with E-state index >= 15 is 0 Å². The lowest BCUT2D eigenvalue weighted by atomic mass is 10.1. The Balaban J connectivity index is 1.16. The standard InChI is InChI=1S/C25H22N4O4/c30-25(21-8-4-13-31-21)28-12-3-6-18(28)11-14-32-24-10-9-23-26-16-19(29(23)27-24)22-15-17-5-1-2-7-20(17)33-22/h1-2,4-5,7-10,13,15-16,18H,3,6,11-12,14H2. The summed E-state index contributed by atoms with van der Waals surface area (Å²) in [4.78, 5) is 19.0. The van der Waals surface area contributed by atoms with Crippen LogP contribution in [-0.4, -0.2) is 44.6 Å². The Labute approximate surface area is 189 Å². The van der Waals surface area contributed by atoms with Crippen molar-refractivity contribution < 1.29 is 18.4 Å². The molecule has 33 heavy (non-hydrogen) atoms. The Morgan fingerprint density at radius 2 is 2.09 bits per heavy atom. The zero-order chi connectivity index (χ0) is 22.2. The van der Waals surface area contributed by atoms with Gasteiger partial charge in [0.2, 0.25) is 5.88 Å². The molecule has 8 heteroatoms. The fourth-order valence-electron chi connectivity index (χ4n) is 4.45. The quantitative estimate of drug-likeness (QED) is 0.375. The lowest BCUT2D eigenvalue weighted by molar-refractivity contribution is 0.0686. The predicted molar refractivity (Wildman–Crippen MR) is 121 cm³/mol. The zero-order valence-corrected chi connectivity index (χ0v) is 17.9. The topological polar surface area (TPSA) is 86.0 Å². The second-order valence-corrected chi connectivity index (χ2v) is 8.14. The molecular formula is C25H22N4O4. The van der Waals surface area contributed by atoms with Crippen molar-refractivity contribution in [3.8, 4) is 17.3 Å². The third kappa shape index (κ3) is 3.63. The van der Waals surface area contributed by atoms with Crippen LogP contribution in [0.5, 0.6) is 5.88 Å². The number of aromatic nitrogens is 3. The molecule has 1 aromatic carbocycles. The molecule has 5 aromatic rings. The number of amides is 1. The van der Waals surface area contributed by atoms with Crippen molar-refractivity contribution in [2.24, 2.45) is 0 Å². The molecule has 0 N–H and O–H groups in total. The molecule has 166 valence electrons.